The summed E-state index contributed by atoms with van der Waals surface area (Å²) < 4.78 is 26.0. The topological polar surface area (TPSA) is 79.3 Å². The van der Waals surface area contributed by atoms with E-state index in [0.29, 0.717) is 19.4 Å². The largest absolute Gasteiger partial charge is 0.393 e. The number of hydrogen-bond donors (Lipinski definition) is 2. The molecule has 88 valence electrons. The second kappa shape index (κ2) is 4.48. The average Bonchev–Trinajstić information content (AvgIpc) is 2.24. The highest BCUT2D eigenvalue weighted by atomic mass is 32.2. The minimum Gasteiger partial charge on any atom is -0.393 e. The molecule has 16 heavy (non-hydrogen) atoms. The summed E-state index contributed by atoms with van der Waals surface area (Å²) in [7, 11) is -3.44. The molecule has 5 nitrogen and oxygen atoms in total. The van der Waals surface area contributed by atoms with Crippen LogP contribution in [0.15, 0.2) is 29.4 Å². The zero-order chi connectivity index (χ0) is 11.6. The van der Waals surface area contributed by atoms with Crippen LogP contribution < -0.4 is 4.72 Å². The van der Waals surface area contributed by atoms with Gasteiger partial charge >= 0.3 is 0 Å². The maximum Gasteiger partial charge on any atom is 0.242 e. The second-order valence-electron chi connectivity index (χ2n) is 4.03. The smallest absolute Gasteiger partial charge is 0.242 e. The van der Waals surface area contributed by atoms with Gasteiger partial charge < -0.3 is 5.11 Å². The van der Waals surface area contributed by atoms with Crippen molar-refractivity contribution in [3.63, 3.8) is 0 Å². The molecular formula is C10H14N2O3S. The standard InChI is InChI=1S/C10H14N2O3S/c13-9-4-8(5-9)6-12-16(14,15)10-2-1-3-11-7-10/h1-3,7-9,12-13H,4-6H2. The molecule has 6 heteroatoms. The first-order valence-corrected chi connectivity index (χ1v) is 6.64. The van der Waals surface area contributed by atoms with Gasteiger partial charge in [0, 0.05) is 18.9 Å². The zero-order valence-electron chi connectivity index (χ0n) is 8.70. The van der Waals surface area contributed by atoms with Crippen LogP contribution in [0.1, 0.15) is 12.8 Å². The minimum atomic E-state index is -3.44. The fourth-order valence-corrected chi connectivity index (χ4v) is 2.76. The number of sulfonamides is 1. The van der Waals surface area contributed by atoms with Crippen LogP contribution in [0.5, 0.6) is 0 Å². The molecule has 0 aromatic carbocycles. The predicted molar refractivity (Wildman–Crippen MR) is 58.2 cm³/mol. The van der Waals surface area contributed by atoms with Gasteiger partial charge in [0.05, 0.1) is 6.10 Å². The van der Waals surface area contributed by atoms with Gasteiger partial charge in [0.25, 0.3) is 0 Å². The third-order valence-corrected chi connectivity index (χ3v) is 4.13. The molecule has 0 spiro atoms. The molecule has 0 saturated heterocycles. The van der Waals surface area contributed by atoms with E-state index in [1.807, 2.05) is 0 Å². The summed E-state index contributed by atoms with van der Waals surface area (Å²) in [6, 6.07) is 3.09. The van der Waals surface area contributed by atoms with Crippen LogP contribution in [0.25, 0.3) is 0 Å². The Labute approximate surface area is 94.6 Å². The third-order valence-electron chi connectivity index (χ3n) is 2.72. The van der Waals surface area contributed by atoms with Crippen molar-refractivity contribution in [1.29, 1.82) is 0 Å². The number of hydrogen-bond acceptors (Lipinski definition) is 4. The number of aliphatic hydroxyl groups is 1. The van der Waals surface area contributed by atoms with E-state index in [1.54, 1.807) is 6.07 Å². The molecule has 0 unspecified atom stereocenters. The van der Waals surface area contributed by atoms with Crippen LogP contribution in [0.4, 0.5) is 0 Å². The molecule has 0 amide bonds. The molecule has 0 atom stereocenters. The van der Waals surface area contributed by atoms with Crippen LogP contribution in [0.3, 0.4) is 0 Å². The van der Waals surface area contributed by atoms with E-state index in [4.69, 9.17) is 5.11 Å². The molecule has 1 aliphatic carbocycles. The van der Waals surface area contributed by atoms with Crippen molar-refractivity contribution in [2.75, 3.05) is 6.54 Å². The summed E-state index contributed by atoms with van der Waals surface area (Å²) in [5.41, 5.74) is 0. The lowest BCUT2D eigenvalue weighted by molar-refractivity contribution is 0.0453. The van der Waals surface area contributed by atoms with Crippen molar-refractivity contribution in [2.45, 2.75) is 23.8 Å². The SMILES string of the molecule is O=S(=O)(NCC1CC(O)C1)c1cccnc1. The van der Waals surface area contributed by atoms with E-state index in [9.17, 15) is 8.42 Å². The van der Waals surface area contributed by atoms with Crippen LogP contribution in [0.2, 0.25) is 0 Å². The maximum absolute atomic E-state index is 11.7. The Bertz CT molecular complexity index is 440. The fraction of sp³-hybridized carbons (Fsp3) is 0.500. The summed E-state index contributed by atoms with van der Waals surface area (Å²) in [4.78, 5) is 3.94. The number of aliphatic hydroxyl groups excluding tert-OH is 1. The van der Waals surface area contributed by atoms with Crippen molar-refractivity contribution in [3.05, 3.63) is 24.5 Å². The monoisotopic (exact) mass is 242 g/mol. The molecule has 1 aromatic heterocycles. The number of aromatic nitrogens is 1. The van der Waals surface area contributed by atoms with Crippen molar-refractivity contribution >= 4 is 10.0 Å². The van der Waals surface area contributed by atoms with Gasteiger partial charge in [-0.3, -0.25) is 4.98 Å². The average molecular weight is 242 g/mol. The number of pyridine rings is 1. The van der Waals surface area contributed by atoms with Gasteiger partial charge in [0.15, 0.2) is 0 Å². The van der Waals surface area contributed by atoms with E-state index >= 15 is 0 Å². The second-order valence-corrected chi connectivity index (χ2v) is 5.80. The van der Waals surface area contributed by atoms with E-state index in [1.165, 1.54) is 18.5 Å². The van der Waals surface area contributed by atoms with Crippen molar-refractivity contribution in [3.8, 4) is 0 Å². The molecule has 2 N–H and O–H groups in total. The summed E-state index contributed by atoms with van der Waals surface area (Å²) in [6.07, 6.45) is 3.94. The highest BCUT2D eigenvalue weighted by molar-refractivity contribution is 7.89. The van der Waals surface area contributed by atoms with Crippen LogP contribution >= 0.6 is 0 Å². The number of nitrogens with one attached hydrogen (secondary N) is 1. The highest BCUT2D eigenvalue weighted by Crippen LogP contribution is 2.26. The molecule has 0 bridgehead atoms. The Morgan fingerprint density at radius 3 is 2.81 bits per heavy atom. The van der Waals surface area contributed by atoms with Gasteiger partial charge in [0.2, 0.25) is 10.0 Å². The lowest BCUT2D eigenvalue weighted by Crippen LogP contribution is -2.38. The van der Waals surface area contributed by atoms with Gasteiger partial charge in [-0.05, 0) is 30.9 Å². The van der Waals surface area contributed by atoms with Gasteiger partial charge in [0.1, 0.15) is 4.90 Å². The van der Waals surface area contributed by atoms with Crippen molar-refractivity contribution < 1.29 is 13.5 Å². The van der Waals surface area contributed by atoms with Crippen LogP contribution in [-0.2, 0) is 10.0 Å². The normalized spacial score (nSPS) is 25.1. The Morgan fingerprint density at radius 1 is 1.50 bits per heavy atom. The molecular weight excluding hydrogens is 228 g/mol. The molecule has 1 fully saturated rings. The van der Waals surface area contributed by atoms with E-state index in [-0.39, 0.29) is 16.9 Å². The fourth-order valence-electron chi connectivity index (χ4n) is 1.68. The van der Waals surface area contributed by atoms with Gasteiger partial charge in [-0.25, -0.2) is 13.1 Å². The lowest BCUT2D eigenvalue weighted by atomic mass is 9.83. The Hall–Kier alpha value is -0.980. The van der Waals surface area contributed by atoms with Gasteiger partial charge in [-0.2, -0.15) is 0 Å². The summed E-state index contributed by atoms with van der Waals surface area (Å²) in [6.45, 7) is 0.383. The highest BCUT2D eigenvalue weighted by Gasteiger charge is 2.28. The quantitative estimate of drug-likeness (QED) is 0.786. The summed E-state index contributed by atoms with van der Waals surface area (Å²) >= 11 is 0. The third kappa shape index (κ3) is 2.58. The molecule has 1 aromatic rings. The zero-order valence-corrected chi connectivity index (χ0v) is 9.52. The van der Waals surface area contributed by atoms with Crippen LogP contribution in [0, 0.1) is 5.92 Å². The molecule has 0 aliphatic heterocycles. The first-order chi connectivity index (χ1) is 7.58. The molecule has 1 saturated carbocycles. The minimum absolute atomic E-state index is 0.176. The van der Waals surface area contributed by atoms with E-state index < -0.39 is 10.0 Å². The number of nitrogens with zero attached hydrogens (tertiary/aromatic N) is 1. The molecule has 2 rings (SSSR count). The first-order valence-electron chi connectivity index (χ1n) is 5.15. The van der Waals surface area contributed by atoms with Crippen LogP contribution in [-0.4, -0.2) is 31.2 Å². The molecule has 1 aliphatic rings. The van der Waals surface area contributed by atoms with Crippen molar-refractivity contribution in [1.82, 2.24) is 9.71 Å². The van der Waals surface area contributed by atoms with Gasteiger partial charge in [-0.15, -0.1) is 0 Å². The molecule has 1 heterocycles. The Morgan fingerprint density at radius 2 is 2.25 bits per heavy atom. The molecule has 0 radical (unpaired) electrons. The maximum atomic E-state index is 11.7. The van der Waals surface area contributed by atoms with Gasteiger partial charge in [-0.1, -0.05) is 0 Å². The Kier molecular flexibility index (Phi) is 3.22. The number of rotatable bonds is 4. The van der Waals surface area contributed by atoms with E-state index in [0.717, 1.165) is 0 Å². The summed E-state index contributed by atoms with van der Waals surface area (Å²) in [5, 5.41) is 9.08. The Balaban J connectivity index is 1.94. The van der Waals surface area contributed by atoms with Crippen molar-refractivity contribution in [2.24, 2.45) is 5.92 Å². The summed E-state index contributed by atoms with van der Waals surface area (Å²) in [5.74, 6) is 0.251. The van der Waals surface area contributed by atoms with E-state index in [2.05, 4.69) is 9.71 Å². The first kappa shape index (κ1) is 11.5. The lowest BCUT2D eigenvalue weighted by Gasteiger charge is -2.31. The predicted octanol–water partition coefficient (Wildman–Crippen LogP) is 0.131.